The summed E-state index contributed by atoms with van der Waals surface area (Å²) in [6.45, 7) is 3.93. The number of nitrogens with zero attached hydrogens (tertiary/aromatic N) is 2. The molecular formula is C16H25N3O3S2. The molecule has 1 N–H and O–H groups in total. The van der Waals surface area contributed by atoms with Crippen LogP contribution in [0.15, 0.2) is 5.38 Å². The van der Waals surface area contributed by atoms with Gasteiger partial charge in [-0.3, -0.25) is 4.79 Å². The first kappa shape index (κ1) is 17.8. The van der Waals surface area contributed by atoms with E-state index in [9.17, 15) is 13.2 Å². The van der Waals surface area contributed by atoms with Gasteiger partial charge in [0, 0.05) is 24.4 Å². The van der Waals surface area contributed by atoms with Crippen molar-refractivity contribution in [3.8, 4) is 0 Å². The van der Waals surface area contributed by atoms with Crippen LogP contribution in [0.4, 0.5) is 5.13 Å². The van der Waals surface area contributed by atoms with Crippen LogP contribution in [0.25, 0.3) is 0 Å². The van der Waals surface area contributed by atoms with E-state index in [4.69, 9.17) is 0 Å². The van der Waals surface area contributed by atoms with Crippen LogP contribution in [0.2, 0.25) is 0 Å². The van der Waals surface area contributed by atoms with Gasteiger partial charge < -0.3 is 5.32 Å². The number of carbonyl (C=O) groups is 1. The second-order valence-corrected chi connectivity index (χ2v) is 10.5. The van der Waals surface area contributed by atoms with E-state index in [0.29, 0.717) is 24.1 Å². The van der Waals surface area contributed by atoms with E-state index in [1.807, 2.05) is 5.38 Å². The molecule has 0 atom stereocenters. The minimum absolute atomic E-state index is 0.471. The van der Waals surface area contributed by atoms with Crippen molar-refractivity contribution in [3.63, 3.8) is 0 Å². The van der Waals surface area contributed by atoms with Gasteiger partial charge in [0.25, 0.3) is 0 Å². The number of sulfonamides is 1. The first-order valence-electron chi connectivity index (χ1n) is 8.59. The molecular weight excluding hydrogens is 346 g/mol. The normalized spacial score (nSPS) is 20.6. The molecule has 0 radical (unpaired) electrons. The maximum absolute atomic E-state index is 12.6. The molecule has 1 aliphatic carbocycles. The molecule has 3 rings (SSSR count). The number of amides is 1. The summed E-state index contributed by atoms with van der Waals surface area (Å²) in [5, 5.41) is 5.20. The Morgan fingerprint density at radius 3 is 2.50 bits per heavy atom. The largest absolute Gasteiger partial charge is 0.301 e. The Kier molecular flexibility index (Phi) is 4.99. The molecule has 1 saturated carbocycles. The molecule has 1 aromatic rings. The summed E-state index contributed by atoms with van der Waals surface area (Å²) < 4.78 is 25.0. The molecule has 6 nitrogen and oxygen atoms in total. The van der Waals surface area contributed by atoms with E-state index in [0.717, 1.165) is 25.0 Å². The summed E-state index contributed by atoms with van der Waals surface area (Å²) in [7, 11) is -3.64. The predicted molar refractivity (Wildman–Crippen MR) is 95.8 cm³/mol. The Bertz CT molecular complexity index is 702. The minimum atomic E-state index is -3.64. The summed E-state index contributed by atoms with van der Waals surface area (Å²) in [5.41, 5.74) is 1.03. The molecule has 1 saturated heterocycles. The highest BCUT2D eigenvalue weighted by molar-refractivity contribution is 7.91. The van der Waals surface area contributed by atoms with E-state index in [-0.39, 0.29) is 0 Å². The lowest BCUT2D eigenvalue weighted by molar-refractivity contribution is -0.118. The molecule has 0 unspecified atom stereocenters. The van der Waals surface area contributed by atoms with Crippen LogP contribution in [-0.4, -0.2) is 41.5 Å². The minimum Gasteiger partial charge on any atom is -0.301 e. The molecule has 0 spiro atoms. The van der Waals surface area contributed by atoms with Crippen LogP contribution in [0, 0.1) is 0 Å². The molecule has 1 aliphatic heterocycles. The third-order valence-corrected chi connectivity index (χ3v) is 8.41. The molecule has 1 aromatic heterocycles. The van der Waals surface area contributed by atoms with Crippen molar-refractivity contribution in [3.05, 3.63) is 11.1 Å². The standard InChI is InChI=1S/C16H25N3O3S2/c1-16(2,24(21,22)19-9-6-10-19)14(20)18-15-17-13(11-23-15)12-7-4-3-5-8-12/h11-12H,3-10H2,1-2H3,(H,17,18,20). The SMILES string of the molecule is CC(C)(C(=O)Nc1nc(C2CCCCC2)cs1)S(=O)(=O)N1CCC1. The Morgan fingerprint density at radius 2 is 1.92 bits per heavy atom. The van der Waals surface area contributed by atoms with Crippen LogP contribution in [0.3, 0.4) is 0 Å². The van der Waals surface area contributed by atoms with E-state index in [1.54, 1.807) is 0 Å². The first-order valence-corrected chi connectivity index (χ1v) is 10.9. The third-order valence-electron chi connectivity index (χ3n) is 5.11. The van der Waals surface area contributed by atoms with Crippen LogP contribution < -0.4 is 5.32 Å². The highest BCUT2D eigenvalue weighted by Gasteiger charge is 2.47. The number of nitrogens with one attached hydrogen (secondary N) is 1. The van der Waals surface area contributed by atoms with Gasteiger partial charge in [0.15, 0.2) is 9.88 Å². The van der Waals surface area contributed by atoms with E-state index < -0.39 is 20.7 Å². The highest BCUT2D eigenvalue weighted by Crippen LogP contribution is 2.34. The van der Waals surface area contributed by atoms with Gasteiger partial charge in [-0.1, -0.05) is 19.3 Å². The Morgan fingerprint density at radius 1 is 1.25 bits per heavy atom. The quantitative estimate of drug-likeness (QED) is 0.863. The Balaban J connectivity index is 1.69. The fourth-order valence-electron chi connectivity index (χ4n) is 3.14. The van der Waals surface area contributed by atoms with Gasteiger partial charge >= 0.3 is 0 Å². The average Bonchev–Trinajstić information content (AvgIpc) is 2.94. The van der Waals surface area contributed by atoms with Gasteiger partial charge in [-0.2, -0.15) is 0 Å². The molecule has 24 heavy (non-hydrogen) atoms. The molecule has 8 heteroatoms. The molecule has 0 bridgehead atoms. The van der Waals surface area contributed by atoms with Gasteiger partial charge in [-0.25, -0.2) is 17.7 Å². The predicted octanol–water partition coefficient (Wildman–Crippen LogP) is 2.94. The maximum atomic E-state index is 12.6. The first-order chi connectivity index (χ1) is 11.3. The van der Waals surface area contributed by atoms with Crippen LogP contribution >= 0.6 is 11.3 Å². The fraction of sp³-hybridized carbons (Fsp3) is 0.750. The van der Waals surface area contributed by atoms with Gasteiger partial charge in [-0.05, 0) is 33.1 Å². The van der Waals surface area contributed by atoms with Gasteiger partial charge in [0.1, 0.15) is 0 Å². The molecule has 134 valence electrons. The zero-order valence-corrected chi connectivity index (χ0v) is 15.9. The fourth-order valence-corrected chi connectivity index (χ4v) is 5.60. The number of hydrogen-bond donors (Lipinski definition) is 1. The Labute approximate surface area is 147 Å². The van der Waals surface area contributed by atoms with Gasteiger partial charge in [0.05, 0.1) is 5.69 Å². The van der Waals surface area contributed by atoms with Crippen molar-refractivity contribution < 1.29 is 13.2 Å². The second kappa shape index (κ2) is 6.72. The van der Waals surface area contributed by atoms with Crippen molar-refractivity contribution in [2.45, 2.75) is 63.0 Å². The molecule has 0 aromatic carbocycles. The van der Waals surface area contributed by atoms with E-state index in [1.165, 1.54) is 48.8 Å². The molecule has 2 heterocycles. The van der Waals surface area contributed by atoms with E-state index in [2.05, 4.69) is 10.3 Å². The summed E-state index contributed by atoms with van der Waals surface area (Å²) in [6, 6.07) is 0. The number of thiazole rings is 1. The van der Waals surface area contributed by atoms with E-state index >= 15 is 0 Å². The second-order valence-electron chi connectivity index (χ2n) is 7.13. The van der Waals surface area contributed by atoms with Gasteiger partial charge in [-0.15, -0.1) is 11.3 Å². The topological polar surface area (TPSA) is 79.4 Å². The van der Waals surface area contributed by atoms with Crippen molar-refractivity contribution in [1.82, 2.24) is 9.29 Å². The summed E-state index contributed by atoms with van der Waals surface area (Å²) >= 11 is 1.37. The Hall–Kier alpha value is -0.990. The zero-order chi connectivity index (χ0) is 17.4. The zero-order valence-electron chi connectivity index (χ0n) is 14.2. The number of carbonyl (C=O) groups excluding carboxylic acids is 1. The van der Waals surface area contributed by atoms with Crippen molar-refractivity contribution in [2.75, 3.05) is 18.4 Å². The lowest BCUT2D eigenvalue weighted by Gasteiger charge is -2.36. The number of rotatable bonds is 5. The smallest absolute Gasteiger partial charge is 0.248 e. The molecule has 1 amide bonds. The van der Waals surface area contributed by atoms with Crippen molar-refractivity contribution >= 4 is 32.4 Å². The van der Waals surface area contributed by atoms with Crippen LogP contribution in [0.1, 0.15) is 64.0 Å². The maximum Gasteiger partial charge on any atom is 0.248 e. The number of hydrogen-bond acceptors (Lipinski definition) is 5. The highest BCUT2D eigenvalue weighted by atomic mass is 32.2. The summed E-state index contributed by atoms with van der Waals surface area (Å²) in [6.07, 6.45) is 6.88. The van der Waals surface area contributed by atoms with Crippen molar-refractivity contribution in [1.29, 1.82) is 0 Å². The third kappa shape index (κ3) is 3.23. The number of aromatic nitrogens is 1. The van der Waals surface area contributed by atoms with Crippen LogP contribution in [0.5, 0.6) is 0 Å². The molecule has 2 fully saturated rings. The van der Waals surface area contributed by atoms with Crippen molar-refractivity contribution in [2.24, 2.45) is 0 Å². The lowest BCUT2D eigenvalue weighted by Crippen LogP contribution is -2.55. The average molecular weight is 372 g/mol. The summed E-state index contributed by atoms with van der Waals surface area (Å²) in [4.78, 5) is 17.1. The van der Waals surface area contributed by atoms with Gasteiger partial charge in [0.2, 0.25) is 15.9 Å². The monoisotopic (exact) mass is 371 g/mol. The molecule has 2 aliphatic rings. The summed E-state index contributed by atoms with van der Waals surface area (Å²) in [5.74, 6) is -0.0440. The number of anilines is 1. The lowest BCUT2D eigenvalue weighted by atomic mass is 9.87. The van der Waals surface area contributed by atoms with Crippen LogP contribution in [-0.2, 0) is 14.8 Å².